The zero-order valence-corrected chi connectivity index (χ0v) is 18.0. The molecule has 158 valence electrons. The fourth-order valence-electron chi connectivity index (χ4n) is 3.37. The zero-order valence-electron chi connectivity index (χ0n) is 18.0. The van der Waals surface area contributed by atoms with E-state index in [1.54, 1.807) is 11.0 Å². The number of rotatable bonds is 7. The van der Waals surface area contributed by atoms with Crippen molar-refractivity contribution in [2.45, 2.75) is 72.0 Å². The van der Waals surface area contributed by atoms with Crippen LogP contribution in [0.1, 0.15) is 60.3 Å². The van der Waals surface area contributed by atoms with Crippen LogP contribution in [0.25, 0.3) is 0 Å². The van der Waals surface area contributed by atoms with Crippen molar-refractivity contribution in [3.63, 3.8) is 0 Å². The van der Waals surface area contributed by atoms with Gasteiger partial charge in [-0.05, 0) is 45.7 Å². The monoisotopic (exact) mass is 394 g/mol. The van der Waals surface area contributed by atoms with Crippen molar-refractivity contribution in [3.8, 4) is 5.75 Å². The van der Waals surface area contributed by atoms with Crippen LogP contribution in [0.4, 0.5) is 14.9 Å². The van der Waals surface area contributed by atoms with E-state index in [9.17, 15) is 9.18 Å². The molecule has 1 amide bonds. The summed E-state index contributed by atoms with van der Waals surface area (Å²) in [5.41, 5.74) is 0.0440. The maximum absolute atomic E-state index is 14.7. The van der Waals surface area contributed by atoms with E-state index < -0.39 is 5.60 Å². The summed E-state index contributed by atoms with van der Waals surface area (Å²) >= 11 is 0. The van der Waals surface area contributed by atoms with Crippen molar-refractivity contribution in [1.29, 1.82) is 0 Å². The van der Waals surface area contributed by atoms with Crippen LogP contribution < -0.4 is 9.64 Å². The standard InChI is InChI=1S/C22H35FN2O3/c1-6-8-17(9-7-2)27-18-10-11-20(19(23)16-18)24-12-14-25(15-13-24)21(26)28-22(3,4)5/h10-11,16-17H,6-9,12-15H2,1-5H3. The topological polar surface area (TPSA) is 42.0 Å². The Labute approximate surface area is 168 Å². The molecule has 0 atom stereocenters. The van der Waals surface area contributed by atoms with E-state index in [0.717, 1.165) is 25.7 Å². The van der Waals surface area contributed by atoms with Gasteiger partial charge in [-0.1, -0.05) is 26.7 Å². The number of hydrogen-bond donors (Lipinski definition) is 0. The largest absolute Gasteiger partial charge is 0.490 e. The molecule has 0 spiro atoms. The molecule has 1 aliphatic rings. The number of anilines is 1. The van der Waals surface area contributed by atoms with Gasteiger partial charge in [0.05, 0.1) is 11.8 Å². The van der Waals surface area contributed by atoms with Crippen molar-refractivity contribution in [2.24, 2.45) is 0 Å². The first-order valence-electron chi connectivity index (χ1n) is 10.4. The van der Waals surface area contributed by atoms with Gasteiger partial charge >= 0.3 is 6.09 Å². The summed E-state index contributed by atoms with van der Waals surface area (Å²) in [7, 11) is 0. The van der Waals surface area contributed by atoms with Gasteiger partial charge in [0.25, 0.3) is 0 Å². The van der Waals surface area contributed by atoms with E-state index in [0.29, 0.717) is 37.6 Å². The lowest BCUT2D eigenvalue weighted by Gasteiger charge is -2.36. The van der Waals surface area contributed by atoms with Gasteiger partial charge in [-0.2, -0.15) is 0 Å². The van der Waals surface area contributed by atoms with Gasteiger partial charge in [0.2, 0.25) is 0 Å². The second-order valence-corrected chi connectivity index (χ2v) is 8.38. The molecule has 0 radical (unpaired) electrons. The Kier molecular flexibility index (Phi) is 7.96. The molecule has 0 N–H and O–H groups in total. The van der Waals surface area contributed by atoms with Gasteiger partial charge in [-0.3, -0.25) is 0 Å². The Morgan fingerprint density at radius 1 is 1.11 bits per heavy atom. The van der Waals surface area contributed by atoms with Gasteiger partial charge in [0.15, 0.2) is 0 Å². The lowest BCUT2D eigenvalue weighted by Crippen LogP contribution is -2.50. The summed E-state index contributed by atoms with van der Waals surface area (Å²) in [6.07, 6.45) is 3.88. The van der Waals surface area contributed by atoms with E-state index in [-0.39, 0.29) is 18.0 Å². The number of piperazine rings is 1. The first kappa shape index (κ1) is 22.3. The Hall–Kier alpha value is -1.98. The normalized spacial score (nSPS) is 15.1. The number of hydrogen-bond acceptors (Lipinski definition) is 4. The van der Waals surface area contributed by atoms with E-state index in [2.05, 4.69) is 13.8 Å². The van der Waals surface area contributed by atoms with Crippen molar-refractivity contribution < 1.29 is 18.7 Å². The second kappa shape index (κ2) is 9.99. The summed E-state index contributed by atoms with van der Waals surface area (Å²) in [5, 5.41) is 0. The van der Waals surface area contributed by atoms with E-state index in [1.807, 2.05) is 31.7 Å². The van der Waals surface area contributed by atoms with Crippen LogP contribution in [0, 0.1) is 5.82 Å². The van der Waals surface area contributed by atoms with E-state index >= 15 is 0 Å². The highest BCUT2D eigenvalue weighted by molar-refractivity contribution is 5.68. The van der Waals surface area contributed by atoms with Crippen LogP contribution >= 0.6 is 0 Å². The van der Waals surface area contributed by atoms with Crippen molar-refractivity contribution in [2.75, 3.05) is 31.1 Å². The number of halogens is 1. The fraction of sp³-hybridized carbons (Fsp3) is 0.682. The molecule has 1 fully saturated rings. The molecular formula is C22H35FN2O3. The molecule has 1 saturated heterocycles. The molecule has 0 aliphatic carbocycles. The molecule has 1 aromatic rings. The minimum atomic E-state index is -0.510. The first-order chi connectivity index (χ1) is 13.2. The Morgan fingerprint density at radius 2 is 1.71 bits per heavy atom. The SMILES string of the molecule is CCCC(CCC)Oc1ccc(N2CCN(C(=O)OC(C)(C)C)CC2)c(F)c1. The van der Waals surface area contributed by atoms with Crippen LogP contribution in [0.2, 0.25) is 0 Å². The molecule has 5 nitrogen and oxygen atoms in total. The molecule has 0 aromatic heterocycles. The average Bonchev–Trinajstić information content (AvgIpc) is 2.61. The van der Waals surface area contributed by atoms with Gasteiger partial charge in [0, 0.05) is 32.2 Å². The predicted molar refractivity (Wildman–Crippen MR) is 111 cm³/mol. The van der Waals surface area contributed by atoms with E-state index in [1.165, 1.54) is 6.07 Å². The van der Waals surface area contributed by atoms with Crippen LogP contribution in [0.3, 0.4) is 0 Å². The van der Waals surface area contributed by atoms with Crippen LogP contribution in [0.5, 0.6) is 5.75 Å². The Bertz CT molecular complexity index is 631. The minimum Gasteiger partial charge on any atom is -0.490 e. The summed E-state index contributed by atoms with van der Waals surface area (Å²) in [6.45, 7) is 12.0. The molecule has 28 heavy (non-hydrogen) atoms. The maximum atomic E-state index is 14.7. The van der Waals surface area contributed by atoms with E-state index in [4.69, 9.17) is 9.47 Å². The number of benzene rings is 1. The number of nitrogens with zero attached hydrogens (tertiary/aromatic N) is 2. The third-order valence-electron chi connectivity index (χ3n) is 4.72. The summed E-state index contributed by atoms with van der Waals surface area (Å²) < 4.78 is 26.1. The second-order valence-electron chi connectivity index (χ2n) is 8.38. The van der Waals surface area contributed by atoms with Gasteiger partial charge in [-0.15, -0.1) is 0 Å². The third kappa shape index (κ3) is 6.57. The molecule has 0 bridgehead atoms. The molecule has 1 aromatic carbocycles. The van der Waals surface area contributed by atoms with Crippen LogP contribution in [-0.2, 0) is 4.74 Å². The van der Waals surface area contributed by atoms with Gasteiger partial charge in [-0.25, -0.2) is 9.18 Å². The zero-order chi connectivity index (χ0) is 20.7. The Morgan fingerprint density at radius 3 is 2.21 bits per heavy atom. The lowest BCUT2D eigenvalue weighted by atomic mass is 10.1. The van der Waals surface area contributed by atoms with Gasteiger partial charge < -0.3 is 19.3 Å². The summed E-state index contributed by atoms with van der Waals surface area (Å²) in [4.78, 5) is 15.8. The molecule has 1 heterocycles. The molecule has 0 unspecified atom stereocenters. The molecule has 1 aliphatic heterocycles. The molecule has 6 heteroatoms. The van der Waals surface area contributed by atoms with Crippen molar-refractivity contribution in [1.82, 2.24) is 4.90 Å². The highest BCUT2D eigenvalue weighted by Crippen LogP contribution is 2.27. The predicted octanol–water partition coefficient (Wildman–Crippen LogP) is 5.23. The quantitative estimate of drug-likeness (QED) is 0.635. The molecule has 2 rings (SSSR count). The van der Waals surface area contributed by atoms with Crippen LogP contribution in [0.15, 0.2) is 18.2 Å². The van der Waals surface area contributed by atoms with Gasteiger partial charge in [0.1, 0.15) is 17.2 Å². The summed E-state index contributed by atoms with van der Waals surface area (Å²) in [6, 6.07) is 5.10. The van der Waals surface area contributed by atoms with Crippen molar-refractivity contribution in [3.05, 3.63) is 24.0 Å². The first-order valence-corrected chi connectivity index (χ1v) is 10.4. The number of amides is 1. The third-order valence-corrected chi connectivity index (χ3v) is 4.72. The maximum Gasteiger partial charge on any atom is 0.410 e. The lowest BCUT2D eigenvalue weighted by molar-refractivity contribution is 0.0240. The Balaban J connectivity index is 1.95. The average molecular weight is 395 g/mol. The smallest absolute Gasteiger partial charge is 0.410 e. The van der Waals surface area contributed by atoms with Crippen LogP contribution in [-0.4, -0.2) is 48.9 Å². The molecule has 0 saturated carbocycles. The number of ether oxygens (including phenoxy) is 2. The highest BCUT2D eigenvalue weighted by atomic mass is 19.1. The minimum absolute atomic E-state index is 0.137. The van der Waals surface area contributed by atoms with Crippen molar-refractivity contribution >= 4 is 11.8 Å². The summed E-state index contributed by atoms with van der Waals surface area (Å²) in [5.74, 6) is 0.301. The number of carbonyl (C=O) groups is 1. The highest BCUT2D eigenvalue weighted by Gasteiger charge is 2.27. The fourth-order valence-corrected chi connectivity index (χ4v) is 3.37. The number of carbonyl (C=O) groups excluding carboxylic acids is 1. The molecular weight excluding hydrogens is 359 g/mol.